The van der Waals surface area contributed by atoms with Crippen LogP contribution < -0.4 is 11.1 Å². The van der Waals surface area contributed by atoms with E-state index in [4.69, 9.17) is 10.5 Å². The highest BCUT2D eigenvalue weighted by atomic mass is 16.5. The van der Waals surface area contributed by atoms with E-state index in [0.717, 1.165) is 24.2 Å². The van der Waals surface area contributed by atoms with Gasteiger partial charge in [-0.2, -0.15) is 0 Å². The Kier molecular flexibility index (Phi) is 3.40. The summed E-state index contributed by atoms with van der Waals surface area (Å²) < 4.78 is 5.48. The second-order valence-electron chi connectivity index (χ2n) is 5.43. The molecule has 4 N–H and O–H groups in total. The van der Waals surface area contributed by atoms with Crippen LogP contribution in [-0.4, -0.2) is 47.4 Å². The monoisotopic (exact) mass is 277 g/mol. The zero-order valence-electron chi connectivity index (χ0n) is 11.2. The van der Waals surface area contributed by atoms with Crippen LogP contribution in [0.5, 0.6) is 0 Å². The van der Waals surface area contributed by atoms with E-state index in [0.29, 0.717) is 13.2 Å². The fraction of sp³-hybridized carbons (Fsp3) is 0.500. The molecule has 3 rings (SSSR count). The quantitative estimate of drug-likeness (QED) is 0.714. The molecule has 2 aliphatic heterocycles. The number of piperidine rings is 1. The maximum atomic E-state index is 11.3. The van der Waals surface area contributed by atoms with Gasteiger partial charge in [-0.1, -0.05) is 12.1 Å². The molecule has 2 unspecified atom stereocenters. The van der Waals surface area contributed by atoms with E-state index in [1.54, 1.807) is 4.90 Å². The number of hydrogen-bond acceptors (Lipinski definition) is 4. The third kappa shape index (κ3) is 2.38. The summed E-state index contributed by atoms with van der Waals surface area (Å²) >= 11 is 0. The zero-order chi connectivity index (χ0) is 14.1. The largest absolute Gasteiger partial charge is 0.465 e. The SMILES string of the molecule is Nc1ccccc1NC1CC2COCC(C1)N2C(=O)O. The first-order chi connectivity index (χ1) is 9.65. The molecule has 2 saturated heterocycles. The third-order valence-corrected chi connectivity index (χ3v) is 4.06. The molecule has 2 heterocycles. The van der Waals surface area contributed by atoms with Crippen molar-refractivity contribution in [3.8, 4) is 0 Å². The number of nitrogens with zero attached hydrogens (tertiary/aromatic N) is 1. The summed E-state index contributed by atoms with van der Waals surface area (Å²) in [5.41, 5.74) is 7.57. The summed E-state index contributed by atoms with van der Waals surface area (Å²) in [5.74, 6) is 0. The lowest BCUT2D eigenvalue weighted by Crippen LogP contribution is -2.60. The maximum Gasteiger partial charge on any atom is 0.407 e. The van der Waals surface area contributed by atoms with Gasteiger partial charge >= 0.3 is 6.09 Å². The Bertz CT molecular complexity index is 494. The van der Waals surface area contributed by atoms with Crippen LogP contribution in [0.15, 0.2) is 24.3 Å². The minimum absolute atomic E-state index is 0.0672. The molecule has 2 bridgehead atoms. The standard InChI is InChI=1S/C14H19N3O3/c15-12-3-1-2-4-13(12)16-9-5-10-7-20-8-11(6-9)17(10)14(18)19/h1-4,9-11,16H,5-8,15H2,(H,18,19). The van der Waals surface area contributed by atoms with Crippen molar-refractivity contribution in [3.63, 3.8) is 0 Å². The Morgan fingerprint density at radius 1 is 1.30 bits per heavy atom. The molecule has 20 heavy (non-hydrogen) atoms. The maximum absolute atomic E-state index is 11.3. The number of anilines is 2. The molecule has 0 saturated carbocycles. The van der Waals surface area contributed by atoms with Gasteiger partial charge in [-0.3, -0.25) is 4.90 Å². The molecule has 2 aliphatic rings. The Hall–Kier alpha value is -1.95. The number of benzene rings is 1. The van der Waals surface area contributed by atoms with Crippen molar-refractivity contribution in [1.29, 1.82) is 0 Å². The van der Waals surface area contributed by atoms with Crippen molar-refractivity contribution < 1.29 is 14.6 Å². The van der Waals surface area contributed by atoms with Crippen molar-refractivity contribution in [2.45, 2.75) is 31.0 Å². The molecular weight excluding hydrogens is 258 g/mol. The number of amides is 1. The lowest BCUT2D eigenvalue weighted by Gasteiger charge is -2.47. The number of nitrogen functional groups attached to an aromatic ring is 1. The number of morpholine rings is 1. The number of carboxylic acid groups (broad SMARTS) is 1. The summed E-state index contributed by atoms with van der Waals surface area (Å²) in [7, 11) is 0. The van der Waals surface area contributed by atoms with Crippen molar-refractivity contribution in [2.75, 3.05) is 24.3 Å². The van der Waals surface area contributed by atoms with Crippen molar-refractivity contribution in [2.24, 2.45) is 0 Å². The van der Waals surface area contributed by atoms with E-state index in [1.165, 1.54) is 0 Å². The van der Waals surface area contributed by atoms with Gasteiger partial charge in [-0.05, 0) is 25.0 Å². The number of carbonyl (C=O) groups is 1. The number of fused-ring (bicyclic) bond motifs is 2. The van der Waals surface area contributed by atoms with Crippen LogP contribution in [0.25, 0.3) is 0 Å². The van der Waals surface area contributed by atoms with E-state index in [2.05, 4.69) is 5.32 Å². The van der Waals surface area contributed by atoms with Gasteiger partial charge in [0.1, 0.15) is 0 Å². The van der Waals surface area contributed by atoms with Gasteiger partial charge in [-0.25, -0.2) is 4.79 Å². The average molecular weight is 277 g/mol. The fourth-order valence-corrected chi connectivity index (χ4v) is 3.19. The van der Waals surface area contributed by atoms with E-state index in [9.17, 15) is 9.90 Å². The molecular formula is C14H19N3O3. The molecule has 6 heteroatoms. The van der Waals surface area contributed by atoms with E-state index >= 15 is 0 Å². The molecule has 1 amide bonds. The lowest BCUT2D eigenvalue weighted by atomic mass is 9.90. The van der Waals surface area contributed by atoms with Gasteiger partial charge in [-0.15, -0.1) is 0 Å². The summed E-state index contributed by atoms with van der Waals surface area (Å²) in [6.45, 7) is 0.955. The summed E-state index contributed by atoms with van der Waals surface area (Å²) in [6, 6.07) is 7.74. The number of rotatable bonds is 2. The first kappa shape index (κ1) is 13.1. The van der Waals surface area contributed by atoms with E-state index < -0.39 is 6.09 Å². The first-order valence-corrected chi connectivity index (χ1v) is 6.85. The highest BCUT2D eigenvalue weighted by Gasteiger charge is 2.41. The van der Waals surface area contributed by atoms with Gasteiger partial charge < -0.3 is 20.9 Å². The minimum atomic E-state index is -0.846. The predicted molar refractivity (Wildman–Crippen MR) is 75.8 cm³/mol. The van der Waals surface area contributed by atoms with Crippen LogP contribution in [0, 0.1) is 0 Å². The molecule has 0 spiro atoms. The molecule has 0 aromatic heterocycles. The van der Waals surface area contributed by atoms with Crippen LogP contribution in [-0.2, 0) is 4.74 Å². The summed E-state index contributed by atoms with van der Waals surface area (Å²) in [5, 5.41) is 12.7. The van der Waals surface area contributed by atoms with Gasteiger partial charge in [0.2, 0.25) is 0 Å². The van der Waals surface area contributed by atoms with Gasteiger partial charge in [0.05, 0.1) is 36.7 Å². The molecule has 108 valence electrons. The number of nitrogens with two attached hydrogens (primary N) is 1. The van der Waals surface area contributed by atoms with Crippen LogP contribution >= 0.6 is 0 Å². The first-order valence-electron chi connectivity index (χ1n) is 6.85. The highest BCUT2D eigenvalue weighted by molar-refractivity contribution is 5.67. The topological polar surface area (TPSA) is 87.8 Å². The number of para-hydroxylation sites is 2. The van der Waals surface area contributed by atoms with Crippen molar-refractivity contribution >= 4 is 17.5 Å². The highest BCUT2D eigenvalue weighted by Crippen LogP contribution is 2.30. The third-order valence-electron chi connectivity index (χ3n) is 4.06. The molecule has 0 radical (unpaired) electrons. The van der Waals surface area contributed by atoms with Crippen molar-refractivity contribution in [3.05, 3.63) is 24.3 Å². The smallest absolute Gasteiger partial charge is 0.407 e. The molecule has 1 aromatic carbocycles. The summed E-state index contributed by atoms with van der Waals surface area (Å²) in [6.07, 6.45) is 0.648. The van der Waals surface area contributed by atoms with Gasteiger partial charge in [0.15, 0.2) is 0 Å². The van der Waals surface area contributed by atoms with E-state index in [-0.39, 0.29) is 18.1 Å². The van der Waals surface area contributed by atoms with Gasteiger partial charge in [0.25, 0.3) is 0 Å². The minimum Gasteiger partial charge on any atom is -0.465 e. The Morgan fingerprint density at radius 2 is 1.95 bits per heavy atom. The number of ether oxygens (including phenoxy) is 1. The lowest BCUT2D eigenvalue weighted by molar-refractivity contribution is -0.0620. The van der Waals surface area contributed by atoms with Gasteiger partial charge in [0, 0.05) is 6.04 Å². The normalized spacial score (nSPS) is 29.0. The Labute approximate surface area is 117 Å². The van der Waals surface area contributed by atoms with E-state index in [1.807, 2.05) is 24.3 Å². The molecule has 2 atom stereocenters. The second-order valence-corrected chi connectivity index (χ2v) is 5.43. The fourth-order valence-electron chi connectivity index (χ4n) is 3.19. The molecule has 1 aromatic rings. The number of hydrogen-bond donors (Lipinski definition) is 3. The van der Waals surface area contributed by atoms with Crippen LogP contribution in [0.4, 0.5) is 16.2 Å². The van der Waals surface area contributed by atoms with Crippen LogP contribution in [0.1, 0.15) is 12.8 Å². The predicted octanol–water partition coefficient (Wildman–Crippen LogP) is 1.59. The summed E-state index contributed by atoms with van der Waals surface area (Å²) in [4.78, 5) is 12.9. The second kappa shape index (κ2) is 5.20. The zero-order valence-corrected chi connectivity index (χ0v) is 11.2. The number of nitrogens with one attached hydrogen (secondary N) is 1. The molecule has 0 aliphatic carbocycles. The Morgan fingerprint density at radius 3 is 2.55 bits per heavy atom. The van der Waals surface area contributed by atoms with Crippen molar-refractivity contribution in [1.82, 2.24) is 4.90 Å². The average Bonchev–Trinajstić information content (AvgIpc) is 2.40. The Balaban J connectivity index is 1.72. The molecule has 6 nitrogen and oxygen atoms in total. The molecule has 2 fully saturated rings. The van der Waals surface area contributed by atoms with Crippen LogP contribution in [0.2, 0.25) is 0 Å². The van der Waals surface area contributed by atoms with Crippen LogP contribution in [0.3, 0.4) is 0 Å².